The third-order valence-corrected chi connectivity index (χ3v) is 2.98. The lowest BCUT2D eigenvalue weighted by atomic mass is 10.2. The smallest absolute Gasteiger partial charge is 0.335 e. The molecule has 1 atom stereocenters. The molecule has 1 unspecified atom stereocenters. The quantitative estimate of drug-likeness (QED) is 0.802. The van der Waals surface area contributed by atoms with Gasteiger partial charge in [0.15, 0.2) is 0 Å². The Hall–Kier alpha value is -1.82. The Bertz CT molecular complexity index is 506. The molecule has 96 valence electrons. The highest BCUT2D eigenvalue weighted by atomic mass is 35.5. The molecule has 1 aromatic heterocycles. The summed E-state index contributed by atoms with van der Waals surface area (Å²) < 4.78 is 0. The van der Waals surface area contributed by atoms with Crippen LogP contribution in [-0.4, -0.2) is 46.5 Å². The number of carbonyl (C=O) groups excluding carboxylic acids is 1. The second kappa shape index (κ2) is 4.81. The van der Waals surface area contributed by atoms with E-state index in [9.17, 15) is 9.59 Å². The number of aromatic carboxylic acids is 1. The van der Waals surface area contributed by atoms with Crippen molar-refractivity contribution < 1.29 is 14.7 Å². The number of carboxylic acids is 1. The van der Waals surface area contributed by atoms with Crippen LogP contribution in [0.15, 0.2) is 12.1 Å². The average Bonchev–Trinajstić information content (AvgIpc) is 2.60. The minimum absolute atomic E-state index is 0.0337. The average molecular weight is 270 g/mol. The van der Waals surface area contributed by atoms with E-state index >= 15 is 0 Å². The Morgan fingerprint density at radius 2 is 2.33 bits per heavy atom. The number of rotatable bonds is 3. The summed E-state index contributed by atoms with van der Waals surface area (Å²) in [5, 5.41) is 11.9. The summed E-state index contributed by atoms with van der Waals surface area (Å²) in [5.74, 6) is -0.820. The third kappa shape index (κ3) is 2.53. The Morgan fingerprint density at radius 3 is 2.89 bits per heavy atom. The van der Waals surface area contributed by atoms with E-state index in [0.29, 0.717) is 18.8 Å². The molecule has 2 rings (SSSR count). The van der Waals surface area contributed by atoms with E-state index in [4.69, 9.17) is 16.7 Å². The summed E-state index contributed by atoms with van der Waals surface area (Å²) in [6.07, 6.45) is 0.659. The molecular formula is C11H12ClN3O3. The number of anilines is 1. The highest BCUT2D eigenvalue weighted by Crippen LogP contribution is 2.18. The predicted molar refractivity (Wildman–Crippen MR) is 65.9 cm³/mol. The second-order valence-corrected chi connectivity index (χ2v) is 4.50. The molecule has 1 aliphatic heterocycles. The van der Waals surface area contributed by atoms with Crippen LogP contribution in [0.5, 0.6) is 0 Å². The highest BCUT2D eigenvalue weighted by Gasteiger charge is 2.29. The summed E-state index contributed by atoms with van der Waals surface area (Å²) in [6, 6.07) is 2.25. The van der Waals surface area contributed by atoms with Gasteiger partial charge in [-0.05, 0) is 18.6 Å². The van der Waals surface area contributed by atoms with Gasteiger partial charge in [0.1, 0.15) is 17.0 Å². The molecule has 1 saturated heterocycles. The Kier molecular flexibility index (Phi) is 3.38. The summed E-state index contributed by atoms with van der Waals surface area (Å²) in [6.45, 7) is 0.669. The largest absolute Gasteiger partial charge is 0.478 e. The molecule has 0 bridgehead atoms. The maximum atomic E-state index is 11.7. The van der Waals surface area contributed by atoms with Crippen LogP contribution in [0.25, 0.3) is 0 Å². The van der Waals surface area contributed by atoms with E-state index in [-0.39, 0.29) is 22.7 Å². The number of carboxylic acid groups (broad SMARTS) is 1. The number of amides is 1. The SMILES string of the molecule is CN1CCC(Nc2cc(C(=O)O)cc(Cl)n2)C1=O. The number of halogens is 1. The minimum atomic E-state index is -1.09. The lowest BCUT2D eigenvalue weighted by Gasteiger charge is -2.13. The van der Waals surface area contributed by atoms with Gasteiger partial charge in [0.25, 0.3) is 0 Å². The first-order chi connectivity index (χ1) is 8.47. The number of pyridine rings is 1. The van der Waals surface area contributed by atoms with Crippen molar-refractivity contribution in [2.45, 2.75) is 12.5 Å². The van der Waals surface area contributed by atoms with E-state index in [2.05, 4.69) is 10.3 Å². The zero-order valence-corrected chi connectivity index (χ0v) is 10.4. The summed E-state index contributed by atoms with van der Waals surface area (Å²) >= 11 is 5.73. The number of likely N-dealkylation sites (tertiary alicyclic amines) is 1. The summed E-state index contributed by atoms with van der Waals surface area (Å²) in [5.41, 5.74) is 0.0382. The van der Waals surface area contributed by atoms with Gasteiger partial charge in [-0.3, -0.25) is 4.79 Å². The summed E-state index contributed by atoms with van der Waals surface area (Å²) in [4.78, 5) is 28.1. The fraction of sp³-hybridized carbons (Fsp3) is 0.364. The van der Waals surface area contributed by atoms with E-state index < -0.39 is 5.97 Å². The molecular weight excluding hydrogens is 258 g/mol. The van der Waals surface area contributed by atoms with Gasteiger partial charge in [0.2, 0.25) is 5.91 Å². The number of carbonyl (C=O) groups is 2. The second-order valence-electron chi connectivity index (χ2n) is 4.11. The number of hydrogen-bond acceptors (Lipinski definition) is 4. The van der Waals surface area contributed by atoms with Gasteiger partial charge in [-0.1, -0.05) is 11.6 Å². The summed E-state index contributed by atoms with van der Waals surface area (Å²) in [7, 11) is 1.72. The Balaban J connectivity index is 2.19. The van der Waals surface area contributed by atoms with Crippen LogP contribution in [0.3, 0.4) is 0 Å². The first-order valence-corrected chi connectivity index (χ1v) is 5.77. The molecule has 0 saturated carbocycles. The maximum Gasteiger partial charge on any atom is 0.335 e. The van der Waals surface area contributed by atoms with Crippen LogP contribution >= 0.6 is 11.6 Å². The van der Waals surface area contributed by atoms with Crippen LogP contribution in [0.4, 0.5) is 5.82 Å². The van der Waals surface area contributed by atoms with Crippen LogP contribution in [0.2, 0.25) is 5.15 Å². The van der Waals surface area contributed by atoms with E-state index in [0.717, 1.165) is 0 Å². The fourth-order valence-corrected chi connectivity index (χ4v) is 2.04. The number of aromatic nitrogens is 1. The molecule has 0 aliphatic carbocycles. The normalized spacial score (nSPS) is 19.1. The van der Waals surface area contributed by atoms with Gasteiger partial charge in [-0.15, -0.1) is 0 Å². The molecule has 7 heteroatoms. The lowest BCUT2D eigenvalue weighted by molar-refractivity contribution is -0.127. The van der Waals surface area contributed by atoms with Gasteiger partial charge in [-0.25, -0.2) is 9.78 Å². The fourth-order valence-electron chi connectivity index (χ4n) is 1.83. The molecule has 0 aromatic carbocycles. The molecule has 2 N–H and O–H groups in total. The van der Waals surface area contributed by atoms with E-state index in [1.165, 1.54) is 12.1 Å². The zero-order valence-electron chi connectivity index (χ0n) is 9.68. The monoisotopic (exact) mass is 269 g/mol. The van der Waals surface area contributed by atoms with Gasteiger partial charge in [0, 0.05) is 13.6 Å². The minimum Gasteiger partial charge on any atom is -0.478 e. The van der Waals surface area contributed by atoms with Gasteiger partial charge in [-0.2, -0.15) is 0 Å². The van der Waals surface area contributed by atoms with Crippen LogP contribution < -0.4 is 5.32 Å². The number of likely N-dealkylation sites (N-methyl/N-ethyl adjacent to an activating group) is 1. The van der Waals surface area contributed by atoms with Crippen molar-refractivity contribution >= 4 is 29.3 Å². The highest BCUT2D eigenvalue weighted by molar-refractivity contribution is 6.29. The Labute approximate surface area is 109 Å². The van der Waals surface area contributed by atoms with Crippen LogP contribution in [-0.2, 0) is 4.79 Å². The lowest BCUT2D eigenvalue weighted by Crippen LogP contribution is -2.31. The van der Waals surface area contributed by atoms with Gasteiger partial charge in [0.05, 0.1) is 5.56 Å². The number of nitrogens with zero attached hydrogens (tertiary/aromatic N) is 2. The van der Waals surface area contributed by atoms with Crippen molar-refractivity contribution in [1.82, 2.24) is 9.88 Å². The zero-order chi connectivity index (χ0) is 13.3. The van der Waals surface area contributed by atoms with Crippen molar-refractivity contribution in [3.63, 3.8) is 0 Å². The van der Waals surface area contributed by atoms with Crippen molar-refractivity contribution in [2.75, 3.05) is 18.9 Å². The van der Waals surface area contributed by atoms with E-state index in [1.54, 1.807) is 11.9 Å². The number of hydrogen-bond donors (Lipinski definition) is 2. The van der Waals surface area contributed by atoms with Crippen molar-refractivity contribution in [3.05, 3.63) is 22.8 Å². The first-order valence-electron chi connectivity index (χ1n) is 5.40. The first kappa shape index (κ1) is 12.6. The molecule has 6 nitrogen and oxygen atoms in total. The molecule has 1 aromatic rings. The molecule has 1 fully saturated rings. The molecule has 2 heterocycles. The van der Waals surface area contributed by atoms with Crippen LogP contribution in [0, 0.1) is 0 Å². The third-order valence-electron chi connectivity index (χ3n) is 2.79. The number of nitrogens with one attached hydrogen (secondary N) is 1. The van der Waals surface area contributed by atoms with Gasteiger partial charge >= 0.3 is 5.97 Å². The van der Waals surface area contributed by atoms with Crippen molar-refractivity contribution in [1.29, 1.82) is 0 Å². The topological polar surface area (TPSA) is 82.5 Å². The Morgan fingerprint density at radius 1 is 1.61 bits per heavy atom. The molecule has 18 heavy (non-hydrogen) atoms. The van der Waals surface area contributed by atoms with E-state index in [1.807, 2.05) is 0 Å². The maximum absolute atomic E-state index is 11.7. The van der Waals surface area contributed by atoms with Crippen LogP contribution in [0.1, 0.15) is 16.8 Å². The van der Waals surface area contributed by atoms with Crippen molar-refractivity contribution in [2.24, 2.45) is 0 Å². The molecule has 0 spiro atoms. The standard InChI is InChI=1S/C11H12ClN3O3/c1-15-3-2-7(10(15)16)13-9-5-6(11(17)18)4-8(12)14-9/h4-5,7H,2-3H2,1H3,(H,13,14)(H,17,18). The molecule has 1 aliphatic rings. The predicted octanol–water partition coefficient (Wildman–Crippen LogP) is 1.08. The van der Waals surface area contributed by atoms with Crippen molar-refractivity contribution in [3.8, 4) is 0 Å². The molecule has 1 amide bonds. The molecule has 0 radical (unpaired) electrons. The van der Waals surface area contributed by atoms with Gasteiger partial charge < -0.3 is 15.3 Å².